The number of nitriles is 1. The highest BCUT2D eigenvalue weighted by molar-refractivity contribution is 5.41. The maximum absolute atomic E-state index is 8.98. The second-order valence-corrected chi connectivity index (χ2v) is 5.36. The van der Waals surface area contributed by atoms with Gasteiger partial charge in [-0.25, -0.2) is 9.97 Å². The summed E-state index contributed by atoms with van der Waals surface area (Å²) >= 11 is 0. The molecule has 1 N–H and O–H groups in total. The Balaban J connectivity index is 1.71. The average Bonchev–Trinajstić information content (AvgIpc) is 3.11. The van der Waals surface area contributed by atoms with Crippen LogP contribution in [-0.2, 0) is 6.54 Å². The summed E-state index contributed by atoms with van der Waals surface area (Å²) < 4.78 is 1.87. The van der Waals surface area contributed by atoms with E-state index in [2.05, 4.69) is 31.7 Å². The van der Waals surface area contributed by atoms with Crippen molar-refractivity contribution in [1.82, 2.24) is 25.0 Å². The van der Waals surface area contributed by atoms with E-state index in [9.17, 15) is 0 Å². The van der Waals surface area contributed by atoms with E-state index >= 15 is 0 Å². The molecule has 0 radical (unpaired) electrons. The number of aryl methyl sites for hydroxylation is 1. The number of nitrogens with one attached hydrogen (secondary N) is 1. The molecule has 0 amide bonds. The van der Waals surface area contributed by atoms with Gasteiger partial charge in [0.05, 0.1) is 6.20 Å². The second kappa shape index (κ2) is 5.87. The summed E-state index contributed by atoms with van der Waals surface area (Å²) in [5, 5.41) is 20.3. The number of nitrogens with zero attached hydrogens (tertiary/aromatic N) is 6. The Hall–Kier alpha value is -2.49. The third-order valence-electron chi connectivity index (χ3n) is 3.84. The van der Waals surface area contributed by atoms with Gasteiger partial charge in [-0.1, -0.05) is 11.6 Å². The van der Waals surface area contributed by atoms with Crippen LogP contribution in [0.25, 0.3) is 0 Å². The molecule has 0 unspecified atom stereocenters. The predicted octanol–water partition coefficient (Wildman–Crippen LogP) is 1.53. The molecule has 1 aliphatic rings. The number of hydrogen-bond donors (Lipinski definition) is 1. The summed E-state index contributed by atoms with van der Waals surface area (Å²) in [5.41, 5.74) is 0.399. The standard InChI is InChI=1S/C14H17N7/c1-10-17-12(8-15)7-14(18-10)19-13-4-2-3-11(13)9-21-6-5-16-20-21/h5-7,11,13H,2-4,9H2,1H3,(H,17,18,19)/t11-,13-/m1/s1. The zero-order valence-corrected chi connectivity index (χ0v) is 11.9. The quantitative estimate of drug-likeness (QED) is 0.914. The lowest BCUT2D eigenvalue weighted by atomic mass is 10.0. The van der Waals surface area contributed by atoms with Crippen molar-refractivity contribution in [1.29, 1.82) is 5.26 Å². The minimum absolute atomic E-state index is 0.343. The molecule has 2 aromatic rings. The van der Waals surface area contributed by atoms with Gasteiger partial charge in [-0.2, -0.15) is 5.26 Å². The maximum Gasteiger partial charge on any atom is 0.146 e. The van der Waals surface area contributed by atoms with Gasteiger partial charge in [-0.15, -0.1) is 5.10 Å². The van der Waals surface area contributed by atoms with Crippen molar-refractivity contribution in [2.45, 2.75) is 38.8 Å². The summed E-state index contributed by atoms with van der Waals surface area (Å²) in [7, 11) is 0. The Morgan fingerprint density at radius 2 is 2.33 bits per heavy atom. The molecule has 3 rings (SSSR count). The summed E-state index contributed by atoms with van der Waals surface area (Å²) in [6.45, 7) is 2.65. The van der Waals surface area contributed by atoms with Crippen LogP contribution >= 0.6 is 0 Å². The van der Waals surface area contributed by atoms with Crippen LogP contribution in [0.5, 0.6) is 0 Å². The molecule has 7 heteroatoms. The van der Waals surface area contributed by atoms with E-state index in [1.807, 2.05) is 10.9 Å². The molecule has 1 saturated carbocycles. The molecule has 2 atom stereocenters. The summed E-state index contributed by atoms with van der Waals surface area (Å²) in [6.07, 6.45) is 7.03. The Bertz CT molecular complexity index is 644. The summed E-state index contributed by atoms with van der Waals surface area (Å²) in [5.74, 6) is 1.84. The lowest BCUT2D eigenvalue weighted by Gasteiger charge is -2.21. The fraction of sp³-hybridized carbons (Fsp3) is 0.500. The van der Waals surface area contributed by atoms with Gasteiger partial charge in [-0.05, 0) is 25.7 Å². The zero-order valence-electron chi connectivity index (χ0n) is 11.9. The third kappa shape index (κ3) is 3.16. The molecule has 21 heavy (non-hydrogen) atoms. The van der Waals surface area contributed by atoms with Gasteiger partial charge in [-0.3, -0.25) is 4.68 Å². The molecule has 0 aliphatic heterocycles. The highest BCUT2D eigenvalue weighted by Gasteiger charge is 2.28. The molecule has 0 saturated heterocycles. The van der Waals surface area contributed by atoms with E-state index in [0.29, 0.717) is 23.5 Å². The zero-order chi connectivity index (χ0) is 14.7. The number of anilines is 1. The Kier molecular flexibility index (Phi) is 3.77. The third-order valence-corrected chi connectivity index (χ3v) is 3.84. The molecule has 1 fully saturated rings. The van der Waals surface area contributed by atoms with Crippen LogP contribution in [0, 0.1) is 24.2 Å². The van der Waals surface area contributed by atoms with Crippen molar-refractivity contribution < 1.29 is 0 Å². The van der Waals surface area contributed by atoms with Gasteiger partial charge in [0.1, 0.15) is 23.4 Å². The molecule has 0 bridgehead atoms. The van der Waals surface area contributed by atoms with Crippen molar-refractivity contribution in [2.75, 3.05) is 5.32 Å². The molecule has 0 spiro atoms. The molecule has 1 aliphatic carbocycles. The fourth-order valence-corrected chi connectivity index (χ4v) is 2.90. The van der Waals surface area contributed by atoms with Gasteiger partial charge in [0.2, 0.25) is 0 Å². The molecule has 2 aromatic heterocycles. The van der Waals surface area contributed by atoms with Gasteiger partial charge < -0.3 is 5.32 Å². The number of aromatic nitrogens is 5. The highest BCUT2D eigenvalue weighted by atomic mass is 15.4. The molecule has 108 valence electrons. The van der Waals surface area contributed by atoms with Crippen LogP contribution < -0.4 is 5.32 Å². The van der Waals surface area contributed by atoms with Crippen molar-refractivity contribution in [2.24, 2.45) is 5.92 Å². The van der Waals surface area contributed by atoms with Crippen LogP contribution in [0.2, 0.25) is 0 Å². The SMILES string of the molecule is Cc1nc(C#N)cc(N[C@@H]2CCC[C@@H]2Cn2ccnn2)n1. The number of hydrogen-bond acceptors (Lipinski definition) is 6. The largest absolute Gasteiger partial charge is 0.367 e. The summed E-state index contributed by atoms with van der Waals surface area (Å²) in [6, 6.07) is 4.12. The maximum atomic E-state index is 8.98. The molecule has 0 aromatic carbocycles. The van der Waals surface area contributed by atoms with E-state index < -0.39 is 0 Å². The minimum Gasteiger partial charge on any atom is -0.367 e. The smallest absolute Gasteiger partial charge is 0.146 e. The predicted molar refractivity (Wildman–Crippen MR) is 76.3 cm³/mol. The topological polar surface area (TPSA) is 92.3 Å². The fourth-order valence-electron chi connectivity index (χ4n) is 2.90. The lowest BCUT2D eigenvalue weighted by Crippen LogP contribution is -2.28. The van der Waals surface area contributed by atoms with Crippen LogP contribution in [0.15, 0.2) is 18.5 Å². The Morgan fingerprint density at radius 3 is 3.10 bits per heavy atom. The van der Waals surface area contributed by atoms with Crippen LogP contribution in [0.1, 0.15) is 30.8 Å². The van der Waals surface area contributed by atoms with Crippen LogP contribution in [-0.4, -0.2) is 31.0 Å². The van der Waals surface area contributed by atoms with E-state index in [4.69, 9.17) is 5.26 Å². The van der Waals surface area contributed by atoms with Gasteiger partial charge in [0, 0.05) is 24.8 Å². The van der Waals surface area contributed by atoms with Crippen molar-refractivity contribution in [3.63, 3.8) is 0 Å². The molecule has 7 nitrogen and oxygen atoms in total. The monoisotopic (exact) mass is 283 g/mol. The average molecular weight is 283 g/mol. The van der Waals surface area contributed by atoms with E-state index in [1.54, 1.807) is 19.2 Å². The first kappa shape index (κ1) is 13.5. The van der Waals surface area contributed by atoms with E-state index in [1.165, 1.54) is 6.42 Å². The highest BCUT2D eigenvalue weighted by Crippen LogP contribution is 2.29. The van der Waals surface area contributed by atoms with Crippen molar-refractivity contribution in [3.05, 3.63) is 30.0 Å². The van der Waals surface area contributed by atoms with Gasteiger partial charge >= 0.3 is 0 Å². The normalized spacial score (nSPS) is 21.1. The number of rotatable bonds is 4. The Morgan fingerprint density at radius 1 is 1.43 bits per heavy atom. The van der Waals surface area contributed by atoms with E-state index in [-0.39, 0.29) is 0 Å². The Labute approximate surface area is 123 Å². The van der Waals surface area contributed by atoms with Crippen LogP contribution in [0.3, 0.4) is 0 Å². The molecular weight excluding hydrogens is 266 g/mol. The van der Waals surface area contributed by atoms with Crippen molar-refractivity contribution >= 4 is 5.82 Å². The molecule has 2 heterocycles. The lowest BCUT2D eigenvalue weighted by molar-refractivity contribution is 0.398. The second-order valence-electron chi connectivity index (χ2n) is 5.36. The van der Waals surface area contributed by atoms with Crippen LogP contribution in [0.4, 0.5) is 5.82 Å². The first-order valence-corrected chi connectivity index (χ1v) is 7.11. The van der Waals surface area contributed by atoms with E-state index in [0.717, 1.165) is 25.2 Å². The molecular formula is C14H17N7. The van der Waals surface area contributed by atoms with Gasteiger partial charge in [0.15, 0.2) is 0 Å². The van der Waals surface area contributed by atoms with Gasteiger partial charge in [0.25, 0.3) is 0 Å². The van der Waals surface area contributed by atoms with Crippen molar-refractivity contribution in [3.8, 4) is 6.07 Å². The first-order chi connectivity index (χ1) is 10.2. The minimum atomic E-state index is 0.343. The first-order valence-electron chi connectivity index (χ1n) is 7.11. The summed E-state index contributed by atoms with van der Waals surface area (Å²) in [4.78, 5) is 8.44.